The second-order valence-corrected chi connectivity index (χ2v) is 13.5. The average Bonchev–Trinajstić information content (AvgIpc) is 2.43. The topological polar surface area (TPSA) is 20.2 Å². The summed E-state index contributed by atoms with van der Waals surface area (Å²) in [7, 11) is -0.938. The second-order valence-electron chi connectivity index (χ2n) is 6.76. The van der Waals surface area contributed by atoms with Crippen molar-refractivity contribution >= 4 is 30.7 Å². The van der Waals surface area contributed by atoms with Crippen molar-refractivity contribution in [2.75, 3.05) is 0 Å². The van der Waals surface area contributed by atoms with Crippen LogP contribution >= 0.6 is 22.6 Å². The summed E-state index contributed by atoms with van der Waals surface area (Å²) in [6.07, 6.45) is 7.69. The number of allylic oxidation sites excluding steroid dienone is 2. The summed E-state index contributed by atoms with van der Waals surface area (Å²) in [6.45, 7) is 7.16. The standard InChI is InChI=1S/C19H27IOSi/c1-22(2,3)15-11-7-5-4-6-8-13-18(21)16-17-12-9-10-14-19(17)20/h7,9-12,14,18,21H,4-6,15-16H2,1-3H3/b11-7-. The SMILES string of the molecule is C[Si](C)(C)C/C=C\CCCC#CC(O)Cc1ccccc1I. The van der Waals surface area contributed by atoms with Crippen LogP contribution in [0.4, 0.5) is 0 Å². The molecule has 0 bridgehead atoms. The van der Waals surface area contributed by atoms with Crippen molar-refractivity contribution in [2.24, 2.45) is 0 Å². The van der Waals surface area contributed by atoms with Gasteiger partial charge in [-0.05, 0) is 53.1 Å². The van der Waals surface area contributed by atoms with E-state index in [1.54, 1.807) is 0 Å². The number of aliphatic hydroxyl groups excluding tert-OH is 1. The van der Waals surface area contributed by atoms with Gasteiger partial charge in [-0.3, -0.25) is 0 Å². The first-order valence-corrected chi connectivity index (χ1v) is 12.7. The molecule has 0 aliphatic heterocycles. The van der Waals surface area contributed by atoms with Gasteiger partial charge < -0.3 is 5.11 Å². The minimum atomic E-state index is -0.938. The Labute approximate surface area is 150 Å². The van der Waals surface area contributed by atoms with E-state index in [2.05, 4.69) is 78.4 Å². The summed E-state index contributed by atoms with van der Waals surface area (Å²) in [4.78, 5) is 0. The first-order valence-electron chi connectivity index (χ1n) is 7.93. The van der Waals surface area contributed by atoms with Crippen molar-refractivity contribution in [3.05, 3.63) is 45.6 Å². The molecule has 1 aromatic rings. The lowest BCUT2D eigenvalue weighted by Crippen LogP contribution is -2.17. The van der Waals surface area contributed by atoms with Gasteiger partial charge in [0.2, 0.25) is 0 Å². The number of halogens is 1. The van der Waals surface area contributed by atoms with Crippen molar-refractivity contribution in [1.82, 2.24) is 0 Å². The molecule has 22 heavy (non-hydrogen) atoms. The zero-order valence-corrected chi connectivity index (χ0v) is 17.1. The number of unbranched alkanes of at least 4 members (excludes halogenated alkanes) is 2. The van der Waals surface area contributed by atoms with Crippen LogP contribution in [0.3, 0.4) is 0 Å². The largest absolute Gasteiger partial charge is 0.380 e. The molecule has 0 saturated heterocycles. The molecule has 120 valence electrons. The Kier molecular flexibility index (Phi) is 9.07. The van der Waals surface area contributed by atoms with Crippen molar-refractivity contribution in [2.45, 2.75) is 57.5 Å². The molecule has 1 N–H and O–H groups in total. The Bertz CT molecular complexity index is 534. The fourth-order valence-corrected chi connectivity index (χ4v) is 3.46. The second kappa shape index (κ2) is 10.2. The molecular weight excluding hydrogens is 399 g/mol. The van der Waals surface area contributed by atoms with Gasteiger partial charge >= 0.3 is 0 Å². The smallest absolute Gasteiger partial charge is 0.118 e. The Hall–Kier alpha value is -0.573. The summed E-state index contributed by atoms with van der Waals surface area (Å²) in [5, 5.41) is 9.97. The molecule has 1 nitrogen and oxygen atoms in total. The summed E-state index contributed by atoms with van der Waals surface area (Å²) in [5.41, 5.74) is 1.17. The van der Waals surface area contributed by atoms with E-state index < -0.39 is 14.2 Å². The molecule has 0 saturated carbocycles. The lowest BCUT2D eigenvalue weighted by Gasteiger charge is -2.11. The minimum absolute atomic E-state index is 0.557. The van der Waals surface area contributed by atoms with Gasteiger partial charge in [0.25, 0.3) is 0 Å². The van der Waals surface area contributed by atoms with E-state index >= 15 is 0 Å². The van der Waals surface area contributed by atoms with Gasteiger partial charge in [0.05, 0.1) is 0 Å². The van der Waals surface area contributed by atoms with Crippen molar-refractivity contribution in [3.8, 4) is 11.8 Å². The number of benzene rings is 1. The monoisotopic (exact) mass is 426 g/mol. The summed E-state index contributed by atoms with van der Waals surface area (Å²) >= 11 is 2.30. The molecule has 0 aromatic heterocycles. The quantitative estimate of drug-likeness (QED) is 0.207. The third-order valence-electron chi connectivity index (χ3n) is 3.21. The van der Waals surface area contributed by atoms with Crippen LogP contribution in [0.2, 0.25) is 25.7 Å². The van der Waals surface area contributed by atoms with Gasteiger partial charge in [0.15, 0.2) is 0 Å². The van der Waals surface area contributed by atoms with Crippen LogP contribution < -0.4 is 0 Å². The fourth-order valence-electron chi connectivity index (χ4n) is 1.98. The Balaban J connectivity index is 2.23. The Morgan fingerprint density at radius 1 is 1.23 bits per heavy atom. The number of aliphatic hydroxyl groups is 1. The molecule has 0 fully saturated rings. The highest BCUT2D eigenvalue weighted by molar-refractivity contribution is 14.1. The van der Waals surface area contributed by atoms with E-state index in [1.165, 1.54) is 15.2 Å². The van der Waals surface area contributed by atoms with E-state index in [4.69, 9.17) is 0 Å². The van der Waals surface area contributed by atoms with Crippen LogP contribution in [0.25, 0.3) is 0 Å². The molecular formula is C19H27IOSi. The molecule has 1 atom stereocenters. The van der Waals surface area contributed by atoms with E-state index in [0.717, 1.165) is 19.3 Å². The van der Waals surface area contributed by atoms with Gasteiger partial charge in [-0.15, -0.1) is 5.92 Å². The van der Waals surface area contributed by atoms with Crippen molar-refractivity contribution in [1.29, 1.82) is 0 Å². The van der Waals surface area contributed by atoms with E-state index in [-0.39, 0.29) is 0 Å². The maximum absolute atomic E-state index is 9.97. The molecule has 0 aliphatic rings. The van der Waals surface area contributed by atoms with Gasteiger partial charge in [0.1, 0.15) is 6.10 Å². The third-order valence-corrected chi connectivity index (χ3v) is 5.72. The highest BCUT2D eigenvalue weighted by atomic mass is 127. The predicted molar refractivity (Wildman–Crippen MR) is 108 cm³/mol. The van der Waals surface area contributed by atoms with Crippen LogP contribution in [0.15, 0.2) is 36.4 Å². The minimum Gasteiger partial charge on any atom is -0.380 e. The summed E-state index contributed by atoms with van der Waals surface area (Å²) < 4.78 is 1.19. The maximum Gasteiger partial charge on any atom is 0.118 e. The zero-order valence-electron chi connectivity index (χ0n) is 13.9. The molecule has 1 aromatic carbocycles. The molecule has 3 heteroatoms. The van der Waals surface area contributed by atoms with Crippen molar-refractivity contribution in [3.63, 3.8) is 0 Å². The fraction of sp³-hybridized carbons (Fsp3) is 0.474. The number of hydrogen-bond donors (Lipinski definition) is 1. The number of hydrogen-bond acceptors (Lipinski definition) is 1. The predicted octanol–water partition coefficient (Wildman–Crippen LogP) is 5.26. The maximum atomic E-state index is 9.97. The molecule has 1 rings (SSSR count). The van der Waals surface area contributed by atoms with Crippen LogP contribution in [0.5, 0.6) is 0 Å². The van der Waals surface area contributed by atoms with Crippen LogP contribution in [0, 0.1) is 15.4 Å². The highest BCUT2D eigenvalue weighted by Gasteiger charge is 2.09. The van der Waals surface area contributed by atoms with E-state index in [0.29, 0.717) is 6.42 Å². The normalized spacial score (nSPS) is 13.0. The average molecular weight is 426 g/mol. The molecule has 0 spiro atoms. The van der Waals surface area contributed by atoms with Gasteiger partial charge in [-0.1, -0.05) is 55.9 Å². The third kappa shape index (κ3) is 9.45. The zero-order chi connectivity index (χ0) is 16.4. The van der Waals surface area contributed by atoms with Gasteiger partial charge in [-0.25, -0.2) is 0 Å². The van der Waals surface area contributed by atoms with E-state index in [9.17, 15) is 5.11 Å². The van der Waals surface area contributed by atoms with Gasteiger partial charge in [0, 0.05) is 24.5 Å². The highest BCUT2D eigenvalue weighted by Crippen LogP contribution is 2.13. The molecule has 0 aliphatic carbocycles. The lowest BCUT2D eigenvalue weighted by molar-refractivity contribution is 0.233. The molecule has 0 amide bonds. The summed E-state index contributed by atoms with van der Waals surface area (Å²) in [6, 6.07) is 9.38. The van der Waals surface area contributed by atoms with Crippen molar-refractivity contribution < 1.29 is 5.11 Å². The first-order chi connectivity index (χ1) is 10.4. The molecule has 1 unspecified atom stereocenters. The molecule has 0 radical (unpaired) electrons. The first kappa shape index (κ1) is 19.5. The van der Waals surface area contributed by atoms with Gasteiger partial charge in [-0.2, -0.15) is 0 Å². The van der Waals surface area contributed by atoms with Crippen LogP contribution in [-0.2, 0) is 6.42 Å². The van der Waals surface area contributed by atoms with E-state index in [1.807, 2.05) is 12.1 Å². The van der Waals surface area contributed by atoms with Crippen LogP contribution in [-0.4, -0.2) is 19.3 Å². The summed E-state index contributed by atoms with van der Waals surface area (Å²) in [5.74, 6) is 6.06. The Morgan fingerprint density at radius 2 is 1.95 bits per heavy atom. The van der Waals surface area contributed by atoms with Crippen LogP contribution in [0.1, 0.15) is 24.8 Å². The Morgan fingerprint density at radius 3 is 2.64 bits per heavy atom. The molecule has 0 heterocycles. The number of rotatable bonds is 7. The lowest BCUT2D eigenvalue weighted by atomic mass is 10.1.